The van der Waals surface area contributed by atoms with Gasteiger partial charge in [-0.05, 0) is 25.0 Å². The maximum atomic E-state index is 12.2. The number of hydrogen-bond acceptors (Lipinski definition) is 3. The Morgan fingerprint density at radius 1 is 1.12 bits per heavy atom. The van der Waals surface area contributed by atoms with E-state index in [2.05, 4.69) is 20.4 Å². The summed E-state index contributed by atoms with van der Waals surface area (Å²) in [5.74, 6) is 0.237. The van der Waals surface area contributed by atoms with Crippen molar-refractivity contribution >= 4 is 5.78 Å². The first-order valence-corrected chi connectivity index (χ1v) is 5.37. The predicted octanol–water partition coefficient (Wildman–Crippen LogP) is 1.17. The first-order chi connectivity index (χ1) is 7.84. The highest BCUT2D eigenvalue weighted by Gasteiger charge is 2.47. The number of nitrogens with zero attached hydrogens (tertiary/aromatic N) is 2. The highest BCUT2D eigenvalue weighted by Crippen LogP contribution is 2.41. The van der Waals surface area contributed by atoms with Crippen LogP contribution in [0, 0.1) is 0 Å². The van der Waals surface area contributed by atoms with Crippen LogP contribution in [0.5, 0.6) is 0 Å². The molecule has 5 nitrogen and oxygen atoms in total. The lowest BCUT2D eigenvalue weighted by Crippen LogP contribution is -2.33. The number of H-pyrrole nitrogens is 2. The lowest BCUT2D eigenvalue weighted by Gasteiger charge is -2.24. The van der Waals surface area contributed by atoms with Crippen molar-refractivity contribution in [2.45, 2.75) is 24.7 Å². The summed E-state index contributed by atoms with van der Waals surface area (Å²) in [7, 11) is 0. The van der Waals surface area contributed by atoms with Crippen molar-refractivity contribution in [2.24, 2.45) is 0 Å². The van der Waals surface area contributed by atoms with E-state index in [4.69, 9.17) is 0 Å². The summed E-state index contributed by atoms with van der Waals surface area (Å²) in [5.41, 5.74) is 1.14. The number of aromatic nitrogens is 4. The van der Waals surface area contributed by atoms with Gasteiger partial charge < -0.3 is 0 Å². The fourth-order valence-electron chi connectivity index (χ4n) is 2.57. The Kier molecular flexibility index (Phi) is 1.92. The van der Waals surface area contributed by atoms with Crippen LogP contribution in [0.1, 0.15) is 30.7 Å². The average Bonchev–Trinajstić information content (AvgIpc) is 2.98. The molecule has 82 valence electrons. The van der Waals surface area contributed by atoms with Gasteiger partial charge in [-0.15, -0.1) is 0 Å². The van der Waals surface area contributed by atoms with Gasteiger partial charge >= 0.3 is 0 Å². The molecule has 0 aromatic carbocycles. The second-order valence-corrected chi connectivity index (χ2v) is 4.12. The SMILES string of the molecule is O=C1CCCC1(c1ccn[nH]1)c1ccn[nH]1. The molecule has 2 aromatic rings. The van der Waals surface area contributed by atoms with Crippen LogP contribution in [0.2, 0.25) is 0 Å². The molecule has 1 aliphatic carbocycles. The van der Waals surface area contributed by atoms with Gasteiger partial charge in [0.2, 0.25) is 0 Å². The molecule has 1 fully saturated rings. The molecule has 0 bridgehead atoms. The van der Waals surface area contributed by atoms with Gasteiger partial charge in [-0.25, -0.2) is 0 Å². The number of aromatic amines is 2. The summed E-state index contributed by atoms with van der Waals surface area (Å²) in [4.78, 5) is 12.2. The van der Waals surface area contributed by atoms with Crippen molar-refractivity contribution in [2.75, 3.05) is 0 Å². The summed E-state index contributed by atoms with van der Waals surface area (Å²) in [6, 6.07) is 3.73. The zero-order chi connectivity index (χ0) is 11.0. The van der Waals surface area contributed by atoms with Gasteiger partial charge in [0.25, 0.3) is 0 Å². The summed E-state index contributed by atoms with van der Waals surface area (Å²) < 4.78 is 0. The zero-order valence-electron chi connectivity index (χ0n) is 8.73. The Bertz CT molecular complexity index is 452. The molecular formula is C11H12N4O. The van der Waals surface area contributed by atoms with E-state index in [0.717, 1.165) is 24.2 Å². The minimum atomic E-state index is -0.576. The highest BCUT2D eigenvalue weighted by molar-refractivity contribution is 5.94. The first kappa shape index (κ1) is 9.33. The van der Waals surface area contributed by atoms with Crippen molar-refractivity contribution in [3.8, 4) is 0 Å². The molecule has 1 aliphatic rings. The van der Waals surface area contributed by atoms with Crippen LogP contribution < -0.4 is 0 Å². The van der Waals surface area contributed by atoms with E-state index in [0.29, 0.717) is 6.42 Å². The molecule has 2 heterocycles. The van der Waals surface area contributed by atoms with Crippen LogP contribution in [0.4, 0.5) is 0 Å². The molecular weight excluding hydrogens is 204 g/mol. The molecule has 5 heteroatoms. The second kappa shape index (κ2) is 3.30. The van der Waals surface area contributed by atoms with Gasteiger partial charge in [0.1, 0.15) is 5.41 Å². The zero-order valence-corrected chi connectivity index (χ0v) is 8.73. The van der Waals surface area contributed by atoms with Gasteiger partial charge in [0, 0.05) is 18.8 Å². The standard InChI is InChI=1S/C11H12N4O/c16-10-2-1-5-11(10,8-3-6-12-14-8)9-4-7-13-15-9/h3-4,6-7H,1-2,5H2,(H,12,14)(H,13,15). The second-order valence-electron chi connectivity index (χ2n) is 4.12. The minimum Gasteiger partial charge on any atom is -0.298 e. The number of hydrogen-bond donors (Lipinski definition) is 2. The van der Waals surface area contributed by atoms with E-state index >= 15 is 0 Å². The van der Waals surface area contributed by atoms with E-state index in [-0.39, 0.29) is 5.78 Å². The fraction of sp³-hybridized carbons (Fsp3) is 0.364. The number of rotatable bonds is 2. The van der Waals surface area contributed by atoms with Crippen LogP contribution in [-0.2, 0) is 10.2 Å². The Balaban J connectivity index is 2.19. The van der Waals surface area contributed by atoms with Crippen LogP contribution in [-0.4, -0.2) is 26.2 Å². The molecule has 0 amide bonds. The number of carbonyl (C=O) groups excluding carboxylic acids is 1. The molecule has 0 aliphatic heterocycles. The predicted molar refractivity (Wildman–Crippen MR) is 56.8 cm³/mol. The van der Waals surface area contributed by atoms with Crippen molar-refractivity contribution in [3.63, 3.8) is 0 Å². The van der Waals surface area contributed by atoms with Crippen LogP contribution in [0.25, 0.3) is 0 Å². The molecule has 0 radical (unpaired) electrons. The van der Waals surface area contributed by atoms with Crippen LogP contribution in [0.3, 0.4) is 0 Å². The number of nitrogens with one attached hydrogen (secondary N) is 2. The quantitative estimate of drug-likeness (QED) is 0.791. The average molecular weight is 216 g/mol. The first-order valence-electron chi connectivity index (χ1n) is 5.37. The van der Waals surface area contributed by atoms with E-state index in [1.54, 1.807) is 12.4 Å². The van der Waals surface area contributed by atoms with E-state index in [1.165, 1.54) is 0 Å². The summed E-state index contributed by atoms with van der Waals surface area (Å²) >= 11 is 0. The normalized spacial score (nSPS) is 19.1. The Labute approximate surface area is 92.3 Å². The topological polar surface area (TPSA) is 74.4 Å². The van der Waals surface area contributed by atoms with Crippen molar-refractivity contribution in [1.82, 2.24) is 20.4 Å². The van der Waals surface area contributed by atoms with Gasteiger partial charge in [0.05, 0.1) is 11.4 Å². The highest BCUT2D eigenvalue weighted by atomic mass is 16.1. The minimum absolute atomic E-state index is 0.237. The van der Waals surface area contributed by atoms with E-state index < -0.39 is 5.41 Å². The number of carbonyl (C=O) groups is 1. The number of ketones is 1. The van der Waals surface area contributed by atoms with E-state index in [9.17, 15) is 4.79 Å². The summed E-state index contributed by atoms with van der Waals surface area (Å²) in [5, 5.41) is 13.7. The largest absolute Gasteiger partial charge is 0.298 e. The number of Topliss-reactive ketones (excluding diaryl/α,β-unsaturated/α-hetero) is 1. The van der Waals surface area contributed by atoms with Gasteiger partial charge in [-0.2, -0.15) is 10.2 Å². The fourth-order valence-corrected chi connectivity index (χ4v) is 2.57. The smallest absolute Gasteiger partial charge is 0.150 e. The maximum Gasteiger partial charge on any atom is 0.150 e. The van der Waals surface area contributed by atoms with Crippen LogP contribution in [0.15, 0.2) is 24.5 Å². The molecule has 0 spiro atoms. The molecule has 0 saturated heterocycles. The van der Waals surface area contributed by atoms with Crippen molar-refractivity contribution in [1.29, 1.82) is 0 Å². The molecule has 0 unspecified atom stereocenters. The van der Waals surface area contributed by atoms with Gasteiger partial charge in [-0.3, -0.25) is 15.0 Å². The van der Waals surface area contributed by atoms with Gasteiger partial charge in [-0.1, -0.05) is 0 Å². The third-order valence-corrected chi connectivity index (χ3v) is 3.35. The Morgan fingerprint density at radius 3 is 2.12 bits per heavy atom. The monoisotopic (exact) mass is 216 g/mol. The molecule has 1 saturated carbocycles. The third kappa shape index (κ3) is 1.08. The van der Waals surface area contributed by atoms with E-state index in [1.807, 2.05) is 12.1 Å². The van der Waals surface area contributed by atoms with Crippen molar-refractivity contribution in [3.05, 3.63) is 35.9 Å². The molecule has 16 heavy (non-hydrogen) atoms. The summed E-state index contributed by atoms with van der Waals surface area (Å²) in [6.07, 6.45) is 5.71. The molecule has 0 atom stereocenters. The third-order valence-electron chi connectivity index (χ3n) is 3.35. The Hall–Kier alpha value is -1.91. The van der Waals surface area contributed by atoms with Crippen molar-refractivity contribution < 1.29 is 4.79 Å². The summed E-state index contributed by atoms with van der Waals surface area (Å²) in [6.45, 7) is 0. The Morgan fingerprint density at radius 2 is 1.75 bits per heavy atom. The lowest BCUT2D eigenvalue weighted by molar-refractivity contribution is -0.121. The van der Waals surface area contributed by atoms with Crippen LogP contribution >= 0.6 is 0 Å². The molecule has 2 N–H and O–H groups in total. The molecule has 3 rings (SSSR count). The maximum absolute atomic E-state index is 12.2. The molecule has 2 aromatic heterocycles. The van der Waals surface area contributed by atoms with Gasteiger partial charge in [0.15, 0.2) is 5.78 Å². The lowest BCUT2D eigenvalue weighted by atomic mass is 9.79.